The van der Waals surface area contributed by atoms with Crippen LogP contribution in [0.5, 0.6) is 5.75 Å². The Hall–Kier alpha value is -2.04. The Morgan fingerprint density at radius 2 is 1.87 bits per heavy atom. The summed E-state index contributed by atoms with van der Waals surface area (Å²) < 4.78 is 10.5. The van der Waals surface area contributed by atoms with Crippen LogP contribution in [0.1, 0.15) is 56.8 Å². The number of ether oxygens (including phenoxy) is 2. The molecule has 0 aromatic heterocycles. The number of rotatable bonds is 6. The molecule has 1 aromatic carbocycles. The molecule has 0 atom stereocenters. The van der Waals surface area contributed by atoms with Crippen LogP contribution < -0.4 is 10.1 Å². The van der Waals surface area contributed by atoms with Gasteiger partial charge in [0.05, 0.1) is 13.2 Å². The zero-order valence-corrected chi connectivity index (χ0v) is 14.1. The van der Waals surface area contributed by atoms with Crippen molar-refractivity contribution in [1.29, 1.82) is 0 Å². The van der Waals surface area contributed by atoms with Gasteiger partial charge >= 0.3 is 5.97 Å². The lowest BCUT2D eigenvalue weighted by atomic mass is 9.88. The first-order chi connectivity index (χ1) is 11.0. The van der Waals surface area contributed by atoms with Gasteiger partial charge in [0.15, 0.2) is 0 Å². The topological polar surface area (TPSA) is 64.6 Å². The summed E-state index contributed by atoms with van der Waals surface area (Å²) in [7, 11) is 0. The molecule has 1 aliphatic rings. The highest BCUT2D eigenvalue weighted by Crippen LogP contribution is 2.38. The molecular weight excluding hydrogens is 294 g/mol. The number of amides is 1. The number of hydrogen-bond donors (Lipinski definition) is 1. The Morgan fingerprint density at radius 3 is 2.48 bits per heavy atom. The highest BCUT2D eigenvalue weighted by atomic mass is 16.5. The maximum atomic E-state index is 12.5. The quantitative estimate of drug-likeness (QED) is 0.810. The second-order valence-corrected chi connectivity index (χ2v) is 6.09. The molecule has 1 aromatic rings. The molecule has 0 bridgehead atoms. The molecule has 5 heteroatoms. The molecule has 126 valence electrons. The summed E-state index contributed by atoms with van der Waals surface area (Å²) >= 11 is 0. The van der Waals surface area contributed by atoms with Gasteiger partial charge in [0.25, 0.3) is 0 Å². The summed E-state index contributed by atoms with van der Waals surface area (Å²) in [6.07, 6.45) is 3.98. The van der Waals surface area contributed by atoms with Gasteiger partial charge in [-0.2, -0.15) is 0 Å². The molecule has 0 saturated heterocycles. The monoisotopic (exact) mass is 319 g/mol. The van der Waals surface area contributed by atoms with Crippen LogP contribution in [-0.4, -0.2) is 25.1 Å². The predicted octanol–water partition coefficient (Wildman–Crippen LogP) is 3.78. The molecule has 1 aliphatic carbocycles. The average Bonchev–Trinajstić information content (AvgIpc) is 2.97. The first-order valence-corrected chi connectivity index (χ1v) is 8.25. The minimum absolute atomic E-state index is 0.00830. The first-order valence-electron chi connectivity index (χ1n) is 8.25. The summed E-state index contributed by atoms with van der Waals surface area (Å²) in [4.78, 5) is 24.6. The summed E-state index contributed by atoms with van der Waals surface area (Å²) in [6.45, 7) is 6.35. The van der Waals surface area contributed by atoms with E-state index in [0.717, 1.165) is 25.7 Å². The zero-order chi connectivity index (χ0) is 16.9. The summed E-state index contributed by atoms with van der Waals surface area (Å²) in [6, 6.07) is 5.07. The lowest BCUT2D eigenvalue weighted by Crippen LogP contribution is -2.30. The van der Waals surface area contributed by atoms with E-state index in [4.69, 9.17) is 9.47 Å². The van der Waals surface area contributed by atoms with E-state index in [1.54, 1.807) is 25.1 Å². The molecule has 5 nitrogen and oxygen atoms in total. The average molecular weight is 319 g/mol. The Labute approximate surface area is 137 Å². The van der Waals surface area contributed by atoms with E-state index >= 15 is 0 Å². The van der Waals surface area contributed by atoms with Crippen molar-refractivity contribution < 1.29 is 19.1 Å². The van der Waals surface area contributed by atoms with E-state index in [2.05, 4.69) is 5.32 Å². The minimum Gasteiger partial charge on any atom is -0.493 e. The number of anilines is 1. The second-order valence-electron chi connectivity index (χ2n) is 6.09. The number of esters is 1. The summed E-state index contributed by atoms with van der Waals surface area (Å²) in [5, 5.41) is 2.93. The maximum absolute atomic E-state index is 12.5. The highest BCUT2D eigenvalue weighted by Gasteiger charge is 2.36. The van der Waals surface area contributed by atoms with Crippen molar-refractivity contribution in [3.8, 4) is 5.75 Å². The van der Waals surface area contributed by atoms with Crippen LogP contribution in [0.25, 0.3) is 0 Å². The van der Waals surface area contributed by atoms with Gasteiger partial charge in [-0.15, -0.1) is 0 Å². The molecule has 1 saturated carbocycles. The summed E-state index contributed by atoms with van der Waals surface area (Å²) in [5.74, 6) is 0.0316. The maximum Gasteiger partial charge on any atom is 0.341 e. The molecule has 0 unspecified atom stereocenters. The van der Waals surface area contributed by atoms with Crippen LogP contribution in [0.4, 0.5) is 5.69 Å². The minimum atomic E-state index is -0.445. The third-order valence-corrected chi connectivity index (χ3v) is 4.29. The fourth-order valence-corrected chi connectivity index (χ4v) is 2.92. The lowest BCUT2D eigenvalue weighted by Gasteiger charge is -2.22. The Bertz CT molecular complexity index is 576. The number of hydrogen-bond acceptors (Lipinski definition) is 4. The van der Waals surface area contributed by atoms with Crippen molar-refractivity contribution in [2.45, 2.75) is 46.5 Å². The van der Waals surface area contributed by atoms with Crippen LogP contribution in [0.15, 0.2) is 18.2 Å². The second kappa shape index (κ2) is 7.49. The van der Waals surface area contributed by atoms with E-state index < -0.39 is 5.97 Å². The van der Waals surface area contributed by atoms with E-state index in [9.17, 15) is 9.59 Å². The number of carbonyl (C=O) groups excluding carboxylic acids is 2. The van der Waals surface area contributed by atoms with Gasteiger partial charge < -0.3 is 14.8 Å². The zero-order valence-electron chi connectivity index (χ0n) is 14.1. The van der Waals surface area contributed by atoms with Gasteiger partial charge in [0.2, 0.25) is 5.91 Å². The van der Waals surface area contributed by atoms with E-state index in [1.165, 1.54) is 0 Å². The van der Waals surface area contributed by atoms with Crippen LogP contribution in [0.3, 0.4) is 0 Å². The van der Waals surface area contributed by atoms with Gasteiger partial charge in [0.1, 0.15) is 11.3 Å². The molecule has 0 radical (unpaired) electrons. The van der Waals surface area contributed by atoms with Gasteiger partial charge in [-0.05, 0) is 44.9 Å². The number of nitrogens with one attached hydrogen (secondary N) is 1. The Kier molecular flexibility index (Phi) is 5.64. The van der Waals surface area contributed by atoms with Crippen LogP contribution in [0.2, 0.25) is 0 Å². The van der Waals surface area contributed by atoms with E-state index in [0.29, 0.717) is 30.2 Å². The van der Waals surface area contributed by atoms with Gasteiger partial charge in [0, 0.05) is 11.1 Å². The van der Waals surface area contributed by atoms with Crippen molar-refractivity contribution in [2.75, 3.05) is 18.5 Å². The fraction of sp³-hybridized carbons (Fsp3) is 0.556. The molecule has 1 N–H and O–H groups in total. The molecule has 0 aliphatic heterocycles. The fourth-order valence-electron chi connectivity index (χ4n) is 2.92. The van der Waals surface area contributed by atoms with Crippen LogP contribution in [-0.2, 0) is 9.53 Å². The van der Waals surface area contributed by atoms with E-state index in [1.807, 2.05) is 13.8 Å². The van der Waals surface area contributed by atoms with Crippen LogP contribution >= 0.6 is 0 Å². The van der Waals surface area contributed by atoms with Crippen molar-refractivity contribution >= 4 is 17.6 Å². The van der Waals surface area contributed by atoms with Crippen molar-refractivity contribution in [3.63, 3.8) is 0 Å². The molecular formula is C18H25NO4. The lowest BCUT2D eigenvalue weighted by molar-refractivity contribution is -0.124. The largest absolute Gasteiger partial charge is 0.493 e. The molecule has 0 spiro atoms. The van der Waals surface area contributed by atoms with Crippen LogP contribution in [0, 0.1) is 5.41 Å². The molecule has 23 heavy (non-hydrogen) atoms. The van der Waals surface area contributed by atoms with E-state index in [-0.39, 0.29) is 11.3 Å². The van der Waals surface area contributed by atoms with Gasteiger partial charge in [-0.3, -0.25) is 4.79 Å². The SMILES string of the molecule is CCOC(=O)c1cc(NC(=O)C2(C)CCCC2)ccc1OCC. The molecule has 2 rings (SSSR count). The predicted molar refractivity (Wildman–Crippen MR) is 88.8 cm³/mol. The number of carbonyl (C=O) groups is 2. The smallest absolute Gasteiger partial charge is 0.341 e. The molecule has 0 heterocycles. The Morgan fingerprint density at radius 1 is 1.17 bits per heavy atom. The Balaban J connectivity index is 2.20. The standard InChI is InChI=1S/C18H25NO4/c1-4-22-15-9-8-13(12-14(15)16(20)23-5-2)19-17(21)18(3)10-6-7-11-18/h8-9,12H,4-7,10-11H2,1-3H3,(H,19,21). The normalized spacial score (nSPS) is 16.0. The third kappa shape index (κ3) is 4.03. The molecule has 1 fully saturated rings. The van der Waals surface area contributed by atoms with Crippen molar-refractivity contribution in [3.05, 3.63) is 23.8 Å². The van der Waals surface area contributed by atoms with Crippen molar-refractivity contribution in [2.24, 2.45) is 5.41 Å². The highest BCUT2D eigenvalue weighted by molar-refractivity contribution is 5.98. The summed E-state index contributed by atoms with van der Waals surface area (Å²) in [5.41, 5.74) is 0.612. The third-order valence-electron chi connectivity index (χ3n) is 4.29. The van der Waals surface area contributed by atoms with Crippen molar-refractivity contribution in [1.82, 2.24) is 0 Å². The van der Waals surface area contributed by atoms with Gasteiger partial charge in [-0.1, -0.05) is 19.8 Å². The molecule has 1 amide bonds. The number of benzene rings is 1. The first kappa shape index (κ1) is 17.3. The van der Waals surface area contributed by atoms with Gasteiger partial charge in [-0.25, -0.2) is 4.79 Å².